The van der Waals surface area contributed by atoms with E-state index in [9.17, 15) is 5.26 Å². The van der Waals surface area contributed by atoms with Gasteiger partial charge in [0.25, 0.3) is 0 Å². The molecule has 0 aliphatic heterocycles. The summed E-state index contributed by atoms with van der Waals surface area (Å²) in [6.07, 6.45) is 9.79. The minimum atomic E-state index is 0.174. The molecule has 0 spiro atoms. The van der Waals surface area contributed by atoms with E-state index in [1.54, 1.807) is 0 Å². The Bertz CT molecular complexity index is 459. The first kappa shape index (κ1) is 15.1. The number of aryl methyl sites for hydroxylation is 1. The van der Waals surface area contributed by atoms with Crippen molar-refractivity contribution in [1.29, 1.82) is 5.26 Å². The molecule has 3 atom stereocenters. The first-order valence-corrected chi connectivity index (χ1v) is 7.71. The molecule has 0 saturated heterocycles. The summed E-state index contributed by atoms with van der Waals surface area (Å²) in [5.74, 6) is 2.04. The molecule has 0 amide bonds. The average molecular weight is 274 g/mol. The van der Waals surface area contributed by atoms with Crippen LogP contribution >= 0.6 is 0 Å². The topological polar surface area (TPSA) is 44.9 Å². The summed E-state index contributed by atoms with van der Waals surface area (Å²) < 4.78 is 2.06. The molecule has 1 aromatic heterocycles. The van der Waals surface area contributed by atoms with E-state index < -0.39 is 0 Å². The van der Waals surface area contributed by atoms with Crippen molar-refractivity contribution >= 4 is 0 Å². The van der Waals surface area contributed by atoms with Crippen molar-refractivity contribution in [3.63, 3.8) is 0 Å². The van der Waals surface area contributed by atoms with Crippen molar-refractivity contribution < 1.29 is 0 Å². The van der Waals surface area contributed by atoms with Gasteiger partial charge in [-0.05, 0) is 32.2 Å². The number of hydrogen-bond donors (Lipinski definition) is 0. The SMILES string of the molecule is CCCC1CCC(C#N)C(N(C)Cc2nccn2C)C1. The second kappa shape index (κ2) is 6.90. The molecule has 1 heterocycles. The van der Waals surface area contributed by atoms with Gasteiger partial charge in [0.05, 0.1) is 18.5 Å². The van der Waals surface area contributed by atoms with Gasteiger partial charge in [-0.1, -0.05) is 19.8 Å². The molecule has 4 nitrogen and oxygen atoms in total. The third-order valence-corrected chi connectivity index (χ3v) is 4.67. The van der Waals surface area contributed by atoms with Crippen molar-refractivity contribution in [1.82, 2.24) is 14.5 Å². The van der Waals surface area contributed by atoms with E-state index in [0.717, 1.165) is 31.1 Å². The maximum absolute atomic E-state index is 9.41. The van der Waals surface area contributed by atoms with Crippen LogP contribution in [0.2, 0.25) is 0 Å². The zero-order valence-corrected chi connectivity index (χ0v) is 12.9. The highest BCUT2D eigenvalue weighted by molar-refractivity contribution is 4.99. The summed E-state index contributed by atoms with van der Waals surface area (Å²) in [5.41, 5.74) is 0. The van der Waals surface area contributed by atoms with Gasteiger partial charge in [-0.2, -0.15) is 5.26 Å². The van der Waals surface area contributed by atoms with E-state index in [1.165, 1.54) is 19.3 Å². The summed E-state index contributed by atoms with van der Waals surface area (Å²) in [4.78, 5) is 6.73. The summed E-state index contributed by atoms with van der Waals surface area (Å²) in [6.45, 7) is 3.08. The van der Waals surface area contributed by atoms with E-state index >= 15 is 0 Å². The molecule has 1 aliphatic rings. The fourth-order valence-corrected chi connectivity index (χ4v) is 3.43. The Morgan fingerprint density at radius 2 is 2.30 bits per heavy atom. The molecule has 1 aromatic rings. The fraction of sp³-hybridized carbons (Fsp3) is 0.750. The van der Waals surface area contributed by atoms with Crippen molar-refractivity contribution in [3.05, 3.63) is 18.2 Å². The molecule has 1 saturated carbocycles. The molecule has 2 rings (SSSR count). The molecule has 110 valence electrons. The lowest BCUT2D eigenvalue weighted by atomic mass is 9.76. The van der Waals surface area contributed by atoms with E-state index in [1.807, 2.05) is 19.4 Å². The molecule has 0 N–H and O–H groups in total. The van der Waals surface area contributed by atoms with Gasteiger partial charge in [0, 0.05) is 25.5 Å². The Labute approximate surface area is 122 Å². The largest absolute Gasteiger partial charge is 0.337 e. The Balaban J connectivity index is 2.02. The predicted molar refractivity (Wildman–Crippen MR) is 79.8 cm³/mol. The molecular formula is C16H26N4. The number of rotatable bonds is 5. The van der Waals surface area contributed by atoms with Gasteiger partial charge < -0.3 is 4.57 Å². The lowest BCUT2D eigenvalue weighted by Crippen LogP contribution is -2.42. The minimum absolute atomic E-state index is 0.174. The van der Waals surface area contributed by atoms with Gasteiger partial charge in [-0.3, -0.25) is 4.90 Å². The van der Waals surface area contributed by atoms with Crippen molar-refractivity contribution in [3.8, 4) is 6.07 Å². The van der Waals surface area contributed by atoms with Crippen LogP contribution in [0.4, 0.5) is 0 Å². The lowest BCUT2D eigenvalue weighted by Gasteiger charge is -2.38. The molecule has 20 heavy (non-hydrogen) atoms. The van der Waals surface area contributed by atoms with Gasteiger partial charge in [-0.15, -0.1) is 0 Å². The van der Waals surface area contributed by atoms with Crippen LogP contribution in [-0.2, 0) is 13.6 Å². The third-order valence-electron chi connectivity index (χ3n) is 4.67. The normalized spacial score (nSPS) is 26.6. The van der Waals surface area contributed by atoms with Gasteiger partial charge in [-0.25, -0.2) is 4.98 Å². The Morgan fingerprint density at radius 1 is 1.50 bits per heavy atom. The number of hydrogen-bond acceptors (Lipinski definition) is 3. The van der Waals surface area contributed by atoms with Crippen LogP contribution in [0, 0.1) is 23.2 Å². The van der Waals surface area contributed by atoms with Gasteiger partial charge in [0.15, 0.2) is 0 Å². The van der Waals surface area contributed by atoms with Gasteiger partial charge in [0.1, 0.15) is 5.82 Å². The van der Waals surface area contributed by atoms with Crippen LogP contribution in [0.25, 0.3) is 0 Å². The van der Waals surface area contributed by atoms with Crippen molar-refractivity contribution in [2.24, 2.45) is 18.9 Å². The fourth-order valence-electron chi connectivity index (χ4n) is 3.43. The number of nitriles is 1. The summed E-state index contributed by atoms with van der Waals surface area (Å²) in [7, 11) is 4.16. The van der Waals surface area contributed by atoms with E-state index in [-0.39, 0.29) is 5.92 Å². The maximum atomic E-state index is 9.41. The lowest BCUT2D eigenvalue weighted by molar-refractivity contribution is 0.113. The molecule has 1 aliphatic carbocycles. The van der Waals surface area contributed by atoms with Crippen molar-refractivity contribution in [2.45, 2.75) is 51.6 Å². The standard InChI is InChI=1S/C16H26N4/c1-4-5-13-6-7-14(11-17)15(10-13)20(3)12-16-18-8-9-19(16)2/h8-9,13-15H,4-7,10,12H2,1-3H3. The van der Waals surface area contributed by atoms with Crippen LogP contribution in [0.3, 0.4) is 0 Å². The monoisotopic (exact) mass is 274 g/mol. The molecule has 0 radical (unpaired) electrons. The van der Waals surface area contributed by atoms with E-state index in [0.29, 0.717) is 6.04 Å². The first-order chi connectivity index (χ1) is 9.65. The molecule has 4 heteroatoms. The highest BCUT2D eigenvalue weighted by Crippen LogP contribution is 2.34. The summed E-state index contributed by atoms with van der Waals surface area (Å²) in [6, 6.07) is 2.90. The van der Waals surface area contributed by atoms with Gasteiger partial charge in [0.2, 0.25) is 0 Å². The Morgan fingerprint density at radius 3 is 2.90 bits per heavy atom. The average Bonchev–Trinajstić information content (AvgIpc) is 2.84. The van der Waals surface area contributed by atoms with E-state index in [4.69, 9.17) is 0 Å². The zero-order valence-electron chi connectivity index (χ0n) is 12.9. The van der Waals surface area contributed by atoms with Gasteiger partial charge >= 0.3 is 0 Å². The summed E-state index contributed by atoms with van der Waals surface area (Å²) >= 11 is 0. The Kier molecular flexibility index (Phi) is 5.19. The van der Waals surface area contributed by atoms with Crippen molar-refractivity contribution in [2.75, 3.05) is 7.05 Å². The highest BCUT2D eigenvalue weighted by Gasteiger charge is 2.33. The van der Waals surface area contributed by atoms with Crippen LogP contribution in [0.5, 0.6) is 0 Å². The van der Waals surface area contributed by atoms with Crippen LogP contribution < -0.4 is 0 Å². The molecule has 3 unspecified atom stereocenters. The Hall–Kier alpha value is -1.34. The zero-order chi connectivity index (χ0) is 14.5. The smallest absolute Gasteiger partial charge is 0.122 e. The summed E-state index contributed by atoms with van der Waals surface area (Å²) in [5, 5.41) is 9.41. The number of imidazole rings is 1. The highest BCUT2D eigenvalue weighted by atomic mass is 15.2. The minimum Gasteiger partial charge on any atom is -0.337 e. The quantitative estimate of drug-likeness (QED) is 0.829. The van der Waals surface area contributed by atoms with Crippen LogP contribution in [0.1, 0.15) is 44.9 Å². The van der Waals surface area contributed by atoms with Crippen LogP contribution in [0.15, 0.2) is 12.4 Å². The maximum Gasteiger partial charge on any atom is 0.122 e. The number of aromatic nitrogens is 2. The molecule has 0 bridgehead atoms. The van der Waals surface area contributed by atoms with Crippen LogP contribution in [-0.4, -0.2) is 27.5 Å². The molecule has 0 aromatic carbocycles. The predicted octanol–water partition coefficient (Wildman–Crippen LogP) is 2.96. The van der Waals surface area contributed by atoms with E-state index in [2.05, 4.69) is 34.5 Å². The molecule has 1 fully saturated rings. The second-order valence-corrected chi connectivity index (χ2v) is 6.14. The molecular weight excluding hydrogens is 248 g/mol. The second-order valence-electron chi connectivity index (χ2n) is 6.14. The first-order valence-electron chi connectivity index (χ1n) is 7.71. The third kappa shape index (κ3) is 3.40. The number of nitrogens with zero attached hydrogens (tertiary/aromatic N) is 4.